The fourth-order valence-electron chi connectivity index (χ4n) is 5.05. The summed E-state index contributed by atoms with van der Waals surface area (Å²) < 4.78 is 0. The number of nitrogens with zero attached hydrogens (tertiary/aromatic N) is 1. The molecule has 0 N–H and O–H groups in total. The molecule has 2 nitrogen and oxygen atoms in total. The van der Waals surface area contributed by atoms with Crippen molar-refractivity contribution >= 4 is 5.91 Å². The monoisotopic (exact) mass is 283 g/mol. The molecule has 2 bridgehead atoms. The lowest BCUT2D eigenvalue weighted by atomic mass is 9.86. The van der Waals surface area contributed by atoms with Crippen LogP contribution in [0.2, 0.25) is 0 Å². The van der Waals surface area contributed by atoms with Gasteiger partial charge in [-0.15, -0.1) is 0 Å². The zero-order chi connectivity index (χ0) is 14.2. The van der Waals surface area contributed by atoms with Gasteiger partial charge in [0.1, 0.15) is 0 Å². The minimum Gasteiger partial charge on any atom is -0.336 e. The predicted octanol–water partition coefficient (Wildman–Crippen LogP) is 4.18. The first-order chi connectivity index (χ1) is 10.3. The van der Waals surface area contributed by atoms with Crippen molar-refractivity contribution in [1.82, 2.24) is 4.90 Å². The van der Waals surface area contributed by atoms with Crippen molar-refractivity contribution in [2.24, 2.45) is 17.8 Å². The van der Waals surface area contributed by atoms with Crippen LogP contribution in [-0.4, -0.2) is 17.4 Å². The van der Waals surface area contributed by atoms with E-state index >= 15 is 0 Å². The van der Waals surface area contributed by atoms with E-state index < -0.39 is 0 Å². The van der Waals surface area contributed by atoms with Gasteiger partial charge >= 0.3 is 0 Å². The van der Waals surface area contributed by atoms with Crippen molar-refractivity contribution in [1.29, 1.82) is 0 Å². The molecule has 4 unspecified atom stereocenters. The molecule has 21 heavy (non-hydrogen) atoms. The summed E-state index contributed by atoms with van der Waals surface area (Å²) in [5, 5.41) is 0. The Kier molecular flexibility index (Phi) is 3.48. The largest absolute Gasteiger partial charge is 0.336 e. The van der Waals surface area contributed by atoms with Crippen LogP contribution >= 0.6 is 0 Å². The lowest BCUT2D eigenvalue weighted by Gasteiger charge is -2.28. The lowest BCUT2D eigenvalue weighted by molar-refractivity contribution is -0.133. The third-order valence-corrected chi connectivity index (χ3v) is 6.08. The SMILES string of the molecule is O=C(CC1CC2CCC1C2)N1CCCC1c1ccccc1. The van der Waals surface area contributed by atoms with E-state index in [0.717, 1.165) is 37.6 Å². The first-order valence-corrected chi connectivity index (χ1v) is 8.65. The highest BCUT2D eigenvalue weighted by atomic mass is 16.2. The molecule has 2 heteroatoms. The maximum Gasteiger partial charge on any atom is 0.223 e. The van der Waals surface area contributed by atoms with Gasteiger partial charge in [-0.1, -0.05) is 36.8 Å². The average Bonchev–Trinajstić information content (AvgIpc) is 3.24. The van der Waals surface area contributed by atoms with Gasteiger partial charge in [-0.2, -0.15) is 0 Å². The summed E-state index contributed by atoms with van der Waals surface area (Å²) in [5.74, 6) is 2.90. The number of rotatable bonds is 3. The van der Waals surface area contributed by atoms with Crippen molar-refractivity contribution in [3.8, 4) is 0 Å². The highest BCUT2D eigenvalue weighted by molar-refractivity contribution is 5.77. The quantitative estimate of drug-likeness (QED) is 0.815. The van der Waals surface area contributed by atoms with Crippen LogP contribution in [0.15, 0.2) is 30.3 Å². The molecule has 4 atom stereocenters. The summed E-state index contributed by atoms with van der Waals surface area (Å²) in [5.41, 5.74) is 1.32. The van der Waals surface area contributed by atoms with Gasteiger partial charge in [-0.05, 0) is 55.4 Å². The molecule has 1 aromatic rings. The van der Waals surface area contributed by atoms with E-state index in [-0.39, 0.29) is 0 Å². The molecular formula is C19H25NO. The minimum atomic E-state index is 0.331. The predicted molar refractivity (Wildman–Crippen MR) is 83.7 cm³/mol. The van der Waals surface area contributed by atoms with Crippen LogP contribution in [-0.2, 0) is 4.79 Å². The van der Waals surface area contributed by atoms with Crippen LogP contribution in [0.1, 0.15) is 56.6 Å². The summed E-state index contributed by atoms with van der Waals surface area (Å²) >= 11 is 0. The van der Waals surface area contributed by atoms with Crippen molar-refractivity contribution in [2.45, 2.75) is 51.0 Å². The molecule has 0 spiro atoms. The fourth-order valence-corrected chi connectivity index (χ4v) is 5.05. The molecule has 0 aromatic heterocycles. The van der Waals surface area contributed by atoms with Crippen molar-refractivity contribution < 1.29 is 4.79 Å². The van der Waals surface area contributed by atoms with Crippen molar-refractivity contribution in [3.05, 3.63) is 35.9 Å². The smallest absolute Gasteiger partial charge is 0.223 e. The number of carbonyl (C=O) groups excluding carboxylic acids is 1. The Bertz CT molecular complexity index is 512. The highest BCUT2D eigenvalue weighted by Gasteiger charge is 2.41. The second-order valence-corrected chi connectivity index (χ2v) is 7.29. The van der Waals surface area contributed by atoms with Crippen LogP contribution in [0.3, 0.4) is 0 Å². The van der Waals surface area contributed by atoms with Gasteiger partial charge in [-0.3, -0.25) is 4.79 Å². The summed E-state index contributed by atoms with van der Waals surface area (Å²) in [4.78, 5) is 15.0. The number of benzene rings is 1. The molecule has 3 fully saturated rings. The minimum absolute atomic E-state index is 0.331. The molecule has 3 aliphatic rings. The summed E-state index contributed by atoms with van der Waals surface area (Å²) in [6.45, 7) is 0.958. The Morgan fingerprint density at radius 3 is 2.67 bits per heavy atom. The molecule has 1 saturated heterocycles. The number of hydrogen-bond donors (Lipinski definition) is 0. The molecule has 1 heterocycles. The second-order valence-electron chi connectivity index (χ2n) is 7.29. The lowest BCUT2D eigenvalue weighted by Crippen LogP contribution is -2.32. The zero-order valence-electron chi connectivity index (χ0n) is 12.7. The van der Waals surface area contributed by atoms with E-state index in [9.17, 15) is 4.79 Å². The van der Waals surface area contributed by atoms with Crippen LogP contribution in [0.25, 0.3) is 0 Å². The number of amides is 1. The Hall–Kier alpha value is -1.31. The van der Waals surface area contributed by atoms with Gasteiger partial charge in [0.2, 0.25) is 5.91 Å². The molecule has 2 saturated carbocycles. The number of likely N-dealkylation sites (tertiary alicyclic amines) is 1. The van der Waals surface area contributed by atoms with Gasteiger partial charge in [0.05, 0.1) is 6.04 Å². The molecular weight excluding hydrogens is 258 g/mol. The van der Waals surface area contributed by atoms with E-state index in [1.165, 1.54) is 31.2 Å². The Morgan fingerprint density at radius 1 is 1.10 bits per heavy atom. The van der Waals surface area contributed by atoms with Gasteiger partial charge in [-0.25, -0.2) is 0 Å². The fraction of sp³-hybridized carbons (Fsp3) is 0.632. The normalized spacial score (nSPS) is 34.6. The Morgan fingerprint density at radius 2 is 1.95 bits per heavy atom. The number of carbonyl (C=O) groups is 1. The zero-order valence-corrected chi connectivity index (χ0v) is 12.7. The Labute approximate surface area is 127 Å². The standard InChI is InChI=1S/C19H25NO/c21-19(13-17-12-14-8-9-16(17)11-14)20-10-4-7-18(20)15-5-2-1-3-6-15/h1-3,5-6,14,16-18H,4,7-13H2. The van der Waals surface area contributed by atoms with Gasteiger partial charge < -0.3 is 4.90 Å². The molecule has 0 radical (unpaired) electrons. The third kappa shape index (κ3) is 2.49. The number of hydrogen-bond acceptors (Lipinski definition) is 1. The summed E-state index contributed by atoms with van der Waals surface area (Å²) in [7, 11) is 0. The van der Waals surface area contributed by atoms with Crippen LogP contribution in [0, 0.1) is 17.8 Å². The molecule has 1 aliphatic heterocycles. The van der Waals surface area contributed by atoms with E-state index in [1.54, 1.807) is 0 Å². The first-order valence-electron chi connectivity index (χ1n) is 8.65. The van der Waals surface area contributed by atoms with Gasteiger partial charge in [0, 0.05) is 13.0 Å². The first kappa shape index (κ1) is 13.4. The van der Waals surface area contributed by atoms with Crippen molar-refractivity contribution in [3.63, 3.8) is 0 Å². The third-order valence-electron chi connectivity index (χ3n) is 6.08. The topological polar surface area (TPSA) is 20.3 Å². The van der Waals surface area contributed by atoms with Crippen molar-refractivity contribution in [2.75, 3.05) is 6.54 Å². The Balaban J connectivity index is 1.44. The molecule has 1 amide bonds. The highest BCUT2D eigenvalue weighted by Crippen LogP contribution is 2.50. The molecule has 1 aromatic carbocycles. The van der Waals surface area contributed by atoms with Crippen LogP contribution < -0.4 is 0 Å². The van der Waals surface area contributed by atoms with E-state index in [2.05, 4.69) is 35.2 Å². The van der Waals surface area contributed by atoms with Crippen LogP contribution in [0.5, 0.6) is 0 Å². The molecule has 2 aliphatic carbocycles. The maximum absolute atomic E-state index is 12.8. The maximum atomic E-state index is 12.8. The van der Waals surface area contributed by atoms with E-state index in [0.29, 0.717) is 17.9 Å². The van der Waals surface area contributed by atoms with Crippen LogP contribution in [0.4, 0.5) is 0 Å². The summed E-state index contributed by atoms with van der Waals surface area (Å²) in [6.07, 6.45) is 8.62. The average molecular weight is 283 g/mol. The van der Waals surface area contributed by atoms with Gasteiger partial charge in [0.15, 0.2) is 0 Å². The number of fused-ring (bicyclic) bond motifs is 2. The van der Waals surface area contributed by atoms with E-state index in [1.807, 2.05) is 0 Å². The molecule has 4 rings (SSSR count). The summed E-state index contributed by atoms with van der Waals surface area (Å²) in [6, 6.07) is 10.9. The van der Waals surface area contributed by atoms with Gasteiger partial charge in [0.25, 0.3) is 0 Å². The van der Waals surface area contributed by atoms with E-state index in [4.69, 9.17) is 0 Å². The molecule has 112 valence electrons. The second kappa shape index (κ2) is 5.47.